The molecule has 1 atom stereocenters. The molecule has 2 aromatic rings. The Morgan fingerprint density at radius 1 is 1.07 bits per heavy atom. The second kappa shape index (κ2) is 10.2. The lowest BCUT2D eigenvalue weighted by atomic mass is 10.0. The quantitative estimate of drug-likeness (QED) is 0.734. The largest absolute Gasteiger partial charge is 0.340 e. The van der Waals surface area contributed by atoms with Gasteiger partial charge in [0.25, 0.3) is 5.91 Å². The fourth-order valence-electron chi connectivity index (χ4n) is 3.48. The van der Waals surface area contributed by atoms with Crippen LogP contribution in [-0.4, -0.2) is 58.8 Å². The van der Waals surface area contributed by atoms with Crippen molar-refractivity contribution in [3.63, 3.8) is 0 Å². The summed E-state index contributed by atoms with van der Waals surface area (Å²) in [6, 6.07) is 8.09. The molecule has 1 fully saturated rings. The summed E-state index contributed by atoms with van der Waals surface area (Å²) in [5.41, 5.74) is 1.51. The van der Waals surface area contributed by atoms with Crippen molar-refractivity contribution < 1.29 is 9.59 Å². The van der Waals surface area contributed by atoms with Crippen LogP contribution in [0.15, 0.2) is 42.7 Å². The molecule has 0 radical (unpaired) electrons. The van der Waals surface area contributed by atoms with Gasteiger partial charge in [-0.1, -0.05) is 37.0 Å². The minimum atomic E-state index is -0.615. The van der Waals surface area contributed by atoms with Crippen molar-refractivity contribution >= 4 is 35.0 Å². The minimum absolute atomic E-state index is 0.0534. The van der Waals surface area contributed by atoms with Crippen molar-refractivity contribution in [3.8, 4) is 0 Å². The van der Waals surface area contributed by atoms with E-state index in [1.165, 1.54) is 11.6 Å². The summed E-state index contributed by atoms with van der Waals surface area (Å²) >= 11 is 12.1. The summed E-state index contributed by atoms with van der Waals surface area (Å²) < 4.78 is 0. The number of nitrogens with one attached hydrogen (secondary N) is 1. The first-order chi connectivity index (χ1) is 14.3. The summed E-state index contributed by atoms with van der Waals surface area (Å²) in [6.07, 6.45) is 3.58. The zero-order valence-electron chi connectivity index (χ0n) is 17.1. The second-order valence-corrected chi connectivity index (χ2v) is 8.62. The first kappa shape index (κ1) is 22.5. The first-order valence-electron chi connectivity index (χ1n) is 10.0. The van der Waals surface area contributed by atoms with E-state index >= 15 is 0 Å². The molecule has 1 aromatic heterocycles. The number of aromatic nitrogens is 1. The molecule has 0 saturated carbocycles. The number of amides is 2. The molecule has 8 heteroatoms. The standard InChI is InChI=1S/C22H26Cl2N4O2/c1-15(2)20(26-21(29)18-4-3-17(23)13-19(18)24)22(30)28-11-9-27(10-12-28)14-16-5-7-25-8-6-16/h3-8,13,15,20H,9-12,14H2,1-2H3,(H,26,29). The van der Waals surface area contributed by atoms with Crippen LogP contribution in [0.2, 0.25) is 10.0 Å². The normalized spacial score (nSPS) is 15.8. The number of benzene rings is 1. The third-order valence-electron chi connectivity index (χ3n) is 5.23. The van der Waals surface area contributed by atoms with Crippen molar-refractivity contribution in [1.29, 1.82) is 0 Å². The van der Waals surface area contributed by atoms with E-state index in [1.807, 2.05) is 30.9 Å². The van der Waals surface area contributed by atoms with E-state index in [4.69, 9.17) is 23.2 Å². The average molecular weight is 449 g/mol. The maximum atomic E-state index is 13.1. The number of carbonyl (C=O) groups excluding carboxylic acids is 2. The van der Waals surface area contributed by atoms with E-state index in [9.17, 15) is 9.59 Å². The van der Waals surface area contributed by atoms with Gasteiger partial charge in [-0.15, -0.1) is 0 Å². The lowest BCUT2D eigenvalue weighted by molar-refractivity contribution is -0.136. The zero-order chi connectivity index (χ0) is 21.7. The van der Waals surface area contributed by atoms with E-state index in [0.717, 1.165) is 19.6 Å². The van der Waals surface area contributed by atoms with Crippen LogP contribution in [-0.2, 0) is 11.3 Å². The number of hydrogen-bond donors (Lipinski definition) is 1. The van der Waals surface area contributed by atoms with Crippen molar-refractivity contribution in [1.82, 2.24) is 20.1 Å². The van der Waals surface area contributed by atoms with E-state index in [2.05, 4.69) is 15.2 Å². The van der Waals surface area contributed by atoms with Crippen LogP contribution in [0, 0.1) is 5.92 Å². The van der Waals surface area contributed by atoms with E-state index in [1.54, 1.807) is 24.5 Å². The lowest BCUT2D eigenvalue weighted by Gasteiger charge is -2.37. The monoisotopic (exact) mass is 448 g/mol. The Bertz CT molecular complexity index is 884. The Morgan fingerprint density at radius 3 is 2.33 bits per heavy atom. The highest BCUT2D eigenvalue weighted by atomic mass is 35.5. The molecule has 1 saturated heterocycles. The van der Waals surface area contributed by atoms with Gasteiger partial charge in [0, 0.05) is 50.1 Å². The minimum Gasteiger partial charge on any atom is -0.340 e. The third kappa shape index (κ3) is 5.72. The molecule has 2 amide bonds. The highest BCUT2D eigenvalue weighted by Crippen LogP contribution is 2.21. The number of hydrogen-bond acceptors (Lipinski definition) is 4. The fraction of sp³-hybridized carbons (Fsp3) is 0.409. The molecule has 1 aliphatic heterocycles. The maximum Gasteiger partial charge on any atom is 0.253 e. The van der Waals surface area contributed by atoms with Gasteiger partial charge in [0.1, 0.15) is 6.04 Å². The van der Waals surface area contributed by atoms with Crippen LogP contribution in [0.3, 0.4) is 0 Å². The van der Waals surface area contributed by atoms with Crippen LogP contribution >= 0.6 is 23.2 Å². The number of rotatable bonds is 6. The number of pyridine rings is 1. The molecule has 0 bridgehead atoms. The molecule has 1 N–H and O–H groups in total. The van der Waals surface area contributed by atoms with Crippen LogP contribution < -0.4 is 5.32 Å². The molecule has 1 aromatic carbocycles. The molecule has 30 heavy (non-hydrogen) atoms. The summed E-state index contributed by atoms with van der Waals surface area (Å²) in [7, 11) is 0. The molecule has 3 rings (SSSR count). The highest BCUT2D eigenvalue weighted by Gasteiger charge is 2.31. The Labute approximate surface area is 187 Å². The van der Waals surface area contributed by atoms with Gasteiger partial charge in [-0.05, 0) is 41.8 Å². The molecule has 0 aliphatic carbocycles. The average Bonchev–Trinajstić information content (AvgIpc) is 2.72. The molecule has 0 spiro atoms. The second-order valence-electron chi connectivity index (χ2n) is 7.78. The van der Waals surface area contributed by atoms with E-state index < -0.39 is 6.04 Å². The van der Waals surface area contributed by atoms with Gasteiger partial charge < -0.3 is 10.2 Å². The Kier molecular flexibility index (Phi) is 7.69. The van der Waals surface area contributed by atoms with Gasteiger partial charge in [0.05, 0.1) is 10.6 Å². The molecular formula is C22H26Cl2N4O2. The van der Waals surface area contributed by atoms with Crippen molar-refractivity contribution in [2.75, 3.05) is 26.2 Å². The van der Waals surface area contributed by atoms with Gasteiger partial charge in [-0.2, -0.15) is 0 Å². The van der Waals surface area contributed by atoms with Gasteiger partial charge in [0.2, 0.25) is 5.91 Å². The van der Waals surface area contributed by atoms with E-state index in [0.29, 0.717) is 23.7 Å². The number of piperazine rings is 1. The van der Waals surface area contributed by atoms with Crippen LogP contribution in [0.1, 0.15) is 29.8 Å². The molecular weight excluding hydrogens is 423 g/mol. The number of halogens is 2. The van der Waals surface area contributed by atoms with Crippen molar-refractivity contribution in [2.24, 2.45) is 5.92 Å². The molecule has 160 valence electrons. The Balaban J connectivity index is 1.60. The summed E-state index contributed by atoms with van der Waals surface area (Å²) in [5.74, 6) is -0.491. The lowest BCUT2D eigenvalue weighted by Crippen LogP contribution is -2.56. The Hall–Kier alpha value is -2.15. The smallest absolute Gasteiger partial charge is 0.253 e. The van der Waals surface area contributed by atoms with Gasteiger partial charge >= 0.3 is 0 Å². The topological polar surface area (TPSA) is 65.5 Å². The van der Waals surface area contributed by atoms with Gasteiger partial charge in [-0.25, -0.2) is 0 Å². The molecule has 6 nitrogen and oxygen atoms in total. The molecule has 2 heterocycles. The van der Waals surface area contributed by atoms with E-state index in [-0.39, 0.29) is 22.8 Å². The van der Waals surface area contributed by atoms with Crippen LogP contribution in [0.25, 0.3) is 0 Å². The zero-order valence-corrected chi connectivity index (χ0v) is 18.7. The van der Waals surface area contributed by atoms with Crippen molar-refractivity contribution in [2.45, 2.75) is 26.4 Å². The van der Waals surface area contributed by atoms with Gasteiger partial charge in [-0.3, -0.25) is 19.5 Å². The predicted molar refractivity (Wildman–Crippen MR) is 119 cm³/mol. The molecule has 1 unspecified atom stereocenters. The van der Waals surface area contributed by atoms with Crippen molar-refractivity contribution in [3.05, 3.63) is 63.9 Å². The Morgan fingerprint density at radius 2 is 1.73 bits per heavy atom. The SMILES string of the molecule is CC(C)C(NC(=O)c1ccc(Cl)cc1Cl)C(=O)N1CCN(Cc2ccncc2)CC1. The third-order valence-corrected chi connectivity index (χ3v) is 5.78. The maximum absolute atomic E-state index is 13.1. The summed E-state index contributed by atoms with van der Waals surface area (Å²) in [4.78, 5) is 34.0. The fourth-order valence-corrected chi connectivity index (χ4v) is 3.97. The summed E-state index contributed by atoms with van der Waals surface area (Å²) in [6.45, 7) is 7.52. The predicted octanol–water partition coefficient (Wildman–Crippen LogP) is 3.49. The molecule has 1 aliphatic rings. The van der Waals surface area contributed by atoms with Crippen LogP contribution in [0.5, 0.6) is 0 Å². The highest BCUT2D eigenvalue weighted by molar-refractivity contribution is 6.36. The first-order valence-corrected chi connectivity index (χ1v) is 10.8. The number of nitrogens with zero attached hydrogens (tertiary/aromatic N) is 3. The van der Waals surface area contributed by atoms with Gasteiger partial charge in [0.15, 0.2) is 0 Å². The number of carbonyl (C=O) groups is 2. The summed E-state index contributed by atoms with van der Waals surface area (Å²) in [5, 5.41) is 3.58. The van der Waals surface area contributed by atoms with Crippen LogP contribution in [0.4, 0.5) is 0 Å².